The smallest absolute Gasteiger partial charge is 0.252 e. The number of rotatable bonds is 4. The van der Waals surface area contributed by atoms with Crippen LogP contribution in [0, 0.1) is 0 Å². The topological polar surface area (TPSA) is 78.5 Å². The van der Waals surface area contributed by atoms with E-state index in [0.29, 0.717) is 13.1 Å². The van der Waals surface area contributed by atoms with Crippen LogP contribution in [0.4, 0.5) is 0 Å². The first-order valence-corrected chi connectivity index (χ1v) is 10.1. The van der Waals surface area contributed by atoms with E-state index in [1.807, 2.05) is 0 Å². The van der Waals surface area contributed by atoms with E-state index in [0.717, 1.165) is 45.2 Å². The van der Waals surface area contributed by atoms with Crippen LogP contribution in [0.5, 0.6) is 0 Å². The molecule has 2 heterocycles. The lowest BCUT2D eigenvalue weighted by Gasteiger charge is -2.27. The van der Waals surface area contributed by atoms with E-state index in [2.05, 4.69) is 10.6 Å². The summed E-state index contributed by atoms with van der Waals surface area (Å²) in [5.41, 5.74) is 0.251. The number of hydrogen-bond donors (Lipinski definition) is 2. The SMILES string of the molecule is O=C(NC1CCNCC1)c1ccccc1S(=O)(=O)N1CCCCC1. The Kier molecular flexibility index (Phi) is 5.53. The van der Waals surface area contributed by atoms with Gasteiger partial charge in [0.2, 0.25) is 10.0 Å². The van der Waals surface area contributed by atoms with Crippen molar-refractivity contribution in [3.63, 3.8) is 0 Å². The molecular weight excluding hydrogens is 326 g/mol. The normalized spacial score (nSPS) is 20.7. The van der Waals surface area contributed by atoms with Crippen LogP contribution in [-0.4, -0.2) is 50.9 Å². The monoisotopic (exact) mass is 351 g/mol. The van der Waals surface area contributed by atoms with E-state index in [-0.39, 0.29) is 22.4 Å². The van der Waals surface area contributed by atoms with Crippen molar-refractivity contribution in [1.29, 1.82) is 0 Å². The molecule has 0 aliphatic carbocycles. The minimum Gasteiger partial charge on any atom is -0.349 e. The van der Waals surface area contributed by atoms with Crippen LogP contribution in [-0.2, 0) is 10.0 Å². The number of sulfonamides is 1. The number of benzene rings is 1. The second-order valence-electron chi connectivity index (χ2n) is 6.46. The van der Waals surface area contributed by atoms with E-state index in [1.165, 1.54) is 4.31 Å². The van der Waals surface area contributed by atoms with Crippen molar-refractivity contribution in [1.82, 2.24) is 14.9 Å². The van der Waals surface area contributed by atoms with Crippen LogP contribution in [0.2, 0.25) is 0 Å². The number of carbonyl (C=O) groups is 1. The Bertz CT molecular complexity index is 678. The van der Waals surface area contributed by atoms with Gasteiger partial charge in [0.15, 0.2) is 0 Å². The third kappa shape index (κ3) is 3.79. The lowest BCUT2D eigenvalue weighted by Crippen LogP contribution is -2.43. The first kappa shape index (κ1) is 17.4. The van der Waals surface area contributed by atoms with E-state index in [4.69, 9.17) is 0 Å². The molecule has 6 nitrogen and oxygen atoms in total. The van der Waals surface area contributed by atoms with Gasteiger partial charge in [0, 0.05) is 19.1 Å². The lowest BCUT2D eigenvalue weighted by molar-refractivity contribution is 0.0926. The summed E-state index contributed by atoms with van der Waals surface area (Å²) < 4.78 is 27.4. The molecule has 2 aliphatic rings. The maximum Gasteiger partial charge on any atom is 0.252 e. The van der Waals surface area contributed by atoms with Gasteiger partial charge in [-0.15, -0.1) is 0 Å². The quantitative estimate of drug-likeness (QED) is 0.858. The van der Waals surface area contributed by atoms with Gasteiger partial charge in [-0.2, -0.15) is 4.31 Å². The highest BCUT2D eigenvalue weighted by molar-refractivity contribution is 7.89. The van der Waals surface area contributed by atoms with Gasteiger partial charge in [-0.25, -0.2) is 8.42 Å². The standard InChI is InChI=1S/C17H25N3O3S/c21-17(19-14-8-10-18-11-9-14)15-6-2-3-7-16(15)24(22,23)20-12-4-1-5-13-20/h2-3,6-7,14,18H,1,4-5,8-13H2,(H,19,21). The van der Waals surface area contributed by atoms with E-state index in [1.54, 1.807) is 24.3 Å². The molecule has 0 bridgehead atoms. The predicted molar refractivity (Wildman–Crippen MR) is 92.4 cm³/mol. The van der Waals surface area contributed by atoms with Crippen molar-refractivity contribution in [3.8, 4) is 0 Å². The van der Waals surface area contributed by atoms with Gasteiger partial charge in [-0.05, 0) is 50.9 Å². The molecular formula is C17H25N3O3S. The Labute approximate surface area is 143 Å². The molecule has 0 unspecified atom stereocenters. The molecule has 2 saturated heterocycles. The van der Waals surface area contributed by atoms with Crippen molar-refractivity contribution in [2.75, 3.05) is 26.2 Å². The van der Waals surface area contributed by atoms with Gasteiger partial charge in [-0.1, -0.05) is 18.6 Å². The zero-order chi connectivity index (χ0) is 17.0. The number of nitrogens with zero attached hydrogens (tertiary/aromatic N) is 1. The second kappa shape index (κ2) is 7.63. The molecule has 7 heteroatoms. The maximum absolute atomic E-state index is 12.9. The van der Waals surface area contributed by atoms with Crippen molar-refractivity contribution in [3.05, 3.63) is 29.8 Å². The Morgan fingerprint density at radius 2 is 1.75 bits per heavy atom. The Morgan fingerprint density at radius 1 is 1.08 bits per heavy atom. The molecule has 1 aromatic carbocycles. The molecule has 0 atom stereocenters. The van der Waals surface area contributed by atoms with Crippen molar-refractivity contribution in [2.45, 2.75) is 43.0 Å². The zero-order valence-corrected chi connectivity index (χ0v) is 14.6. The third-order valence-corrected chi connectivity index (χ3v) is 6.70. The molecule has 1 amide bonds. The largest absolute Gasteiger partial charge is 0.349 e. The number of piperidine rings is 2. The van der Waals surface area contributed by atoms with Gasteiger partial charge < -0.3 is 10.6 Å². The summed E-state index contributed by atoms with van der Waals surface area (Å²) in [4.78, 5) is 12.8. The van der Waals surface area contributed by atoms with Crippen LogP contribution in [0.25, 0.3) is 0 Å². The second-order valence-corrected chi connectivity index (χ2v) is 8.36. The average molecular weight is 351 g/mol. The summed E-state index contributed by atoms with van der Waals surface area (Å²) in [6, 6.07) is 6.64. The molecule has 132 valence electrons. The summed E-state index contributed by atoms with van der Waals surface area (Å²) >= 11 is 0. The van der Waals surface area contributed by atoms with Crippen LogP contribution in [0.1, 0.15) is 42.5 Å². The van der Waals surface area contributed by atoms with Gasteiger partial charge in [0.05, 0.1) is 10.5 Å². The highest BCUT2D eigenvalue weighted by atomic mass is 32.2. The van der Waals surface area contributed by atoms with Gasteiger partial charge >= 0.3 is 0 Å². The molecule has 3 rings (SSSR count). The molecule has 0 aromatic heterocycles. The Hall–Kier alpha value is -1.44. The molecule has 2 aliphatic heterocycles. The first-order valence-electron chi connectivity index (χ1n) is 8.70. The number of hydrogen-bond acceptors (Lipinski definition) is 4. The van der Waals surface area contributed by atoms with Crippen LogP contribution >= 0.6 is 0 Å². The number of amides is 1. The lowest BCUT2D eigenvalue weighted by atomic mass is 10.1. The summed E-state index contributed by atoms with van der Waals surface area (Å²) in [5, 5.41) is 6.24. The van der Waals surface area contributed by atoms with Crippen LogP contribution < -0.4 is 10.6 Å². The molecule has 0 radical (unpaired) electrons. The third-order valence-electron chi connectivity index (χ3n) is 4.74. The van der Waals surface area contributed by atoms with Crippen molar-refractivity contribution in [2.24, 2.45) is 0 Å². The Balaban J connectivity index is 1.82. The summed E-state index contributed by atoms with van der Waals surface area (Å²) in [5.74, 6) is -0.293. The van der Waals surface area contributed by atoms with Crippen molar-refractivity contribution >= 4 is 15.9 Å². The van der Waals surface area contributed by atoms with Crippen LogP contribution in [0.15, 0.2) is 29.2 Å². The summed E-state index contributed by atoms with van der Waals surface area (Å²) in [6.45, 7) is 2.82. The number of nitrogens with one attached hydrogen (secondary N) is 2. The van der Waals surface area contributed by atoms with E-state index >= 15 is 0 Å². The Morgan fingerprint density at radius 3 is 2.46 bits per heavy atom. The maximum atomic E-state index is 12.9. The fourth-order valence-corrected chi connectivity index (χ4v) is 5.06. The predicted octanol–water partition coefficient (Wildman–Crippen LogP) is 1.34. The molecule has 0 spiro atoms. The molecule has 2 N–H and O–H groups in total. The summed E-state index contributed by atoms with van der Waals surface area (Å²) in [6.07, 6.45) is 4.55. The van der Waals surface area contributed by atoms with Gasteiger partial charge in [0.25, 0.3) is 5.91 Å². The van der Waals surface area contributed by atoms with Gasteiger partial charge in [0.1, 0.15) is 0 Å². The minimum absolute atomic E-state index is 0.101. The molecule has 1 aromatic rings. The van der Waals surface area contributed by atoms with E-state index < -0.39 is 10.0 Å². The molecule has 0 saturated carbocycles. The highest BCUT2D eigenvalue weighted by Crippen LogP contribution is 2.23. The van der Waals surface area contributed by atoms with E-state index in [9.17, 15) is 13.2 Å². The number of carbonyl (C=O) groups excluding carboxylic acids is 1. The van der Waals surface area contributed by atoms with Crippen molar-refractivity contribution < 1.29 is 13.2 Å². The highest BCUT2D eigenvalue weighted by Gasteiger charge is 2.30. The minimum atomic E-state index is -3.62. The summed E-state index contributed by atoms with van der Waals surface area (Å²) in [7, 11) is -3.62. The molecule has 24 heavy (non-hydrogen) atoms. The van der Waals surface area contributed by atoms with Crippen LogP contribution in [0.3, 0.4) is 0 Å². The average Bonchev–Trinajstić information content (AvgIpc) is 2.63. The molecule has 2 fully saturated rings. The fraction of sp³-hybridized carbons (Fsp3) is 0.588. The first-order chi connectivity index (χ1) is 11.6. The van der Waals surface area contributed by atoms with Gasteiger partial charge in [-0.3, -0.25) is 4.79 Å². The fourth-order valence-electron chi connectivity index (χ4n) is 3.35. The zero-order valence-electron chi connectivity index (χ0n) is 13.8.